The van der Waals surface area contributed by atoms with Gasteiger partial charge in [0.25, 0.3) is 0 Å². The van der Waals surface area contributed by atoms with Gasteiger partial charge >= 0.3 is 0 Å². The van der Waals surface area contributed by atoms with Gasteiger partial charge in [0, 0.05) is 10.9 Å². The number of thiophene rings is 1. The van der Waals surface area contributed by atoms with Gasteiger partial charge in [0.05, 0.1) is 0 Å². The van der Waals surface area contributed by atoms with E-state index in [1.54, 1.807) is 0 Å². The van der Waals surface area contributed by atoms with Crippen LogP contribution >= 0.6 is 11.3 Å². The molecular weight excluding hydrogens is 154 g/mol. The highest BCUT2D eigenvalue weighted by Crippen LogP contribution is 2.15. The fourth-order valence-electron chi connectivity index (χ4n) is 1.60. The Hall–Kier alpha value is -0.340. The molecule has 60 valence electrons. The van der Waals surface area contributed by atoms with Crippen molar-refractivity contribution in [1.29, 1.82) is 0 Å². The first-order valence-corrected chi connectivity index (χ1v) is 5.09. The maximum Gasteiger partial charge on any atom is 0.0116 e. The van der Waals surface area contributed by atoms with E-state index in [0.717, 1.165) is 6.04 Å². The molecule has 2 rings (SSSR count). The first-order valence-electron chi connectivity index (χ1n) is 4.21. The van der Waals surface area contributed by atoms with Crippen LogP contribution in [-0.2, 0) is 6.42 Å². The highest BCUT2D eigenvalue weighted by atomic mass is 32.1. The lowest BCUT2D eigenvalue weighted by molar-refractivity contribution is 0.608. The highest BCUT2D eigenvalue weighted by molar-refractivity contribution is 7.09. The molecule has 0 bridgehead atoms. The van der Waals surface area contributed by atoms with E-state index >= 15 is 0 Å². The summed E-state index contributed by atoms with van der Waals surface area (Å²) in [6, 6.07) is 5.12. The second kappa shape index (κ2) is 3.37. The first kappa shape index (κ1) is 7.32. The summed E-state index contributed by atoms with van der Waals surface area (Å²) >= 11 is 1.87. The average Bonchev–Trinajstić information content (AvgIpc) is 2.60. The van der Waals surface area contributed by atoms with E-state index < -0.39 is 0 Å². The van der Waals surface area contributed by atoms with E-state index in [1.807, 2.05) is 11.3 Å². The number of nitrogens with one attached hydrogen (secondary N) is 1. The maximum absolute atomic E-state index is 3.50. The van der Waals surface area contributed by atoms with Crippen LogP contribution in [0.5, 0.6) is 0 Å². The molecule has 1 aliphatic rings. The lowest BCUT2D eigenvalue weighted by Crippen LogP contribution is -2.23. The molecule has 1 nitrogen and oxygen atoms in total. The summed E-state index contributed by atoms with van der Waals surface area (Å²) in [5.41, 5.74) is 0. The predicted molar refractivity (Wildman–Crippen MR) is 49.0 cm³/mol. The summed E-state index contributed by atoms with van der Waals surface area (Å²) in [4.78, 5) is 1.52. The van der Waals surface area contributed by atoms with Gasteiger partial charge in [0.15, 0.2) is 0 Å². The van der Waals surface area contributed by atoms with Crippen molar-refractivity contribution in [3.05, 3.63) is 22.4 Å². The van der Waals surface area contributed by atoms with Crippen molar-refractivity contribution >= 4 is 11.3 Å². The van der Waals surface area contributed by atoms with Crippen LogP contribution < -0.4 is 5.32 Å². The van der Waals surface area contributed by atoms with Crippen molar-refractivity contribution in [2.24, 2.45) is 0 Å². The van der Waals surface area contributed by atoms with Crippen molar-refractivity contribution in [2.45, 2.75) is 25.3 Å². The molecule has 0 spiro atoms. The maximum atomic E-state index is 3.50. The zero-order chi connectivity index (χ0) is 7.52. The van der Waals surface area contributed by atoms with Crippen LogP contribution in [0.3, 0.4) is 0 Å². The van der Waals surface area contributed by atoms with Gasteiger partial charge in [-0.3, -0.25) is 0 Å². The predicted octanol–water partition coefficient (Wildman–Crippen LogP) is 2.04. The summed E-state index contributed by atoms with van der Waals surface area (Å²) in [6.45, 7) is 1.22. The number of hydrogen-bond acceptors (Lipinski definition) is 2. The molecule has 1 unspecified atom stereocenters. The van der Waals surface area contributed by atoms with Gasteiger partial charge in [-0.1, -0.05) is 6.07 Å². The largest absolute Gasteiger partial charge is 0.314 e. The average molecular weight is 167 g/mol. The van der Waals surface area contributed by atoms with Crippen molar-refractivity contribution in [1.82, 2.24) is 5.32 Å². The van der Waals surface area contributed by atoms with E-state index in [1.165, 1.54) is 30.7 Å². The van der Waals surface area contributed by atoms with E-state index in [4.69, 9.17) is 0 Å². The van der Waals surface area contributed by atoms with Gasteiger partial charge in [0.2, 0.25) is 0 Å². The molecule has 2 heteroatoms. The standard InChI is InChI=1S/C9H13NS/c1-3-8(10-5-1)7-9-4-2-6-11-9/h2,4,6,8,10H,1,3,5,7H2. The SMILES string of the molecule is c1csc(CC2CCCN2)c1. The zero-order valence-corrected chi connectivity index (χ0v) is 7.36. The van der Waals surface area contributed by atoms with Gasteiger partial charge < -0.3 is 5.32 Å². The van der Waals surface area contributed by atoms with Crippen LogP contribution in [-0.4, -0.2) is 12.6 Å². The minimum absolute atomic E-state index is 0.758. The van der Waals surface area contributed by atoms with Crippen LogP contribution in [0.2, 0.25) is 0 Å². The summed E-state index contributed by atoms with van der Waals surface area (Å²) in [5.74, 6) is 0. The summed E-state index contributed by atoms with van der Waals surface area (Å²) < 4.78 is 0. The normalized spacial score (nSPS) is 24.2. The Morgan fingerprint density at radius 1 is 1.64 bits per heavy atom. The van der Waals surface area contributed by atoms with Gasteiger partial charge in [-0.15, -0.1) is 11.3 Å². The monoisotopic (exact) mass is 167 g/mol. The molecule has 1 fully saturated rings. The minimum atomic E-state index is 0.758. The summed E-state index contributed by atoms with van der Waals surface area (Å²) in [5, 5.41) is 5.66. The molecule has 1 atom stereocenters. The number of hydrogen-bond donors (Lipinski definition) is 1. The topological polar surface area (TPSA) is 12.0 Å². The lowest BCUT2D eigenvalue weighted by Gasteiger charge is -2.06. The molecule has 0 amide bonds. The van der Waals surface area contributed by atoms with Crippen molar-refractivity contribution < 1.29 is 0 Å². The Morgan fingerprint density at radius 2 is 2.64 bits per heavy atom. The molecule has 1 N–H and O–H groups in total. The van der Waals surface area contributed by atoms with Crippen LogP contribution in [0.1, 0.15) is 17.7 Å². The third kappa shape index (κ3) is 1.82. The molecule has 2 heterocycles. The Morgan fingerprint density at radius 3 is 3.27 bits per heavy atom. The Labute approximate surface area is 71.4 Å². The fourth-order valence-corrected chi connectivity index (χ4v) is 2.39. The Bertz CT molecular complexity index is 199. The smallest absolute Gasteiger partial charge is 0.0116 e. The van der Waals surface area contributed by atoms with Gasteiger partial charge in [-0.05, 0) is 37.3 Å². The van der Waals surface area contributed by atoms with Crippen molar-refractivity contribution in [2.75, 3.05) is 6.54 Å². The van der Waals surface area contributed by atoms with Gasteiger partial charge in [0.1, 0.15) is 0 Å². The second-order valence-electron chi connectivity index (χ2n) is 3.08. The van der Waals surface area contributed by atoms with Gasteiger partial charge in [-0.25, -0.2) is 0 Å². The van der Waals surface area contributed by atoms with E-state index in [0.29, 0.717) is 0 Å². The molecule has 1 aliphatic heterocycles. The minimum Gasteiger partial charge on any atom is -0.314 e. The quantitative estimate of drug-likeness (QED) is 0.711. The molecular formula is C9H13NS. The van der Waals surface area contributed by atoms with E-state index in [2.05, 4.69) is 22.8 Å². The van der Waals surface area contributed by atoms with Crippen molar-refractivity contribution in [3.8, 4) is 0 Å². The molecule has 1 saturated heterocycles. The van der Waals surface area contributed by atoms with Gasteiger partial charge in [-0.2, -0.15) is 0 Å². The Kier molecular flexibility index (Phi) is 2.24. The third-order valence-corrected chi connectivity index (χ3v) is 3.09. The molecule has 0 saturated carbocycles. The zero-order valence-electron chi connectivity index (χ0n) is 6.55. The third-order valence-electron chi connectivity index (χ3n) is 2.19. The second-order valence-corrected chi connectivity index (χ2v) is 4.11. The van der Waals surface area contributed by atoms with E-state index in [9.17, 15) is 0 Å². The van der Waals surface area contributed by atoms with E-state index in [-0.39, 0.29) is 0 Å². The number of rotatable bonds is 2. The van der Waals surface area contributed by atoms with Crippen LogP contribution in [0.15, 0.2) is 17.5 Å². The molecule has 0 aliphatic carbocycles. The van der Waals surface area contributed by atoms with Crippen LogP contribution in [0.25, 0.3) is 0 Å². The van der Waals surface area contributed by atoms with Crippen molar-refractivity contribution in [3.63, 3.8) is 0 Å². The molecule has 1 aromatic rings. The Balaban J connectivity index is 1.90. The summed E-state index contributed by atoms with van der Waals surface area (Å²) in [6.07, 6.45) is 3.95. The highest BCUT2D eigenvalue weighted by Gasteiger charge is 2.14. The molecule has 1 aromatic heterocycles. The van der Waals surface area contributed by atoms with Crippen LogP contribution in [0.4, 0.5) is 0 Å². The molecule has 11 heavy (non-hydrogen) atoms. The summed E-state index contributed by atoms with van der Waals surface area (Å²) in [7, 11) is 0. The molecule has 0 aromatic carbocycles. The first-order chi connectivity index (χ1) is 5.45. The van der Waals surface area contributed by atoms with Crippen LogP contribution in [0, 0.1) is 0 Å². The molecule has 0 radical (unpaired) electrons. The fraction of sp³-hybridized carbons (Fsp3) is 0.556. The lowest BCUT2D eigenvalue weighted by atomic mass is 10.1.